The van der Waals surface area contributed by atoms with Crippen molar-refractivity contribution in [1.82, 2.24) is 5.32 Å². The van der Waals surface area contributed by atoms with Crippen LogP contribution in [-0.2, 0) is 16.0 Å². The summed E-state index contributed by atoms with van der Waals surface area (Å²) in [5, 5.41) is 8.53. The van der Waals surface area contributed by atoms with Gasteiger partial charge in [-0.3, -0.25) is 14.9 Å². The van der Waals surface area contributed by atoms with E-state index in [1.807, 2.05) is 55.5 Å². The van der Waals surface area contributed by atoms with Crippen molar-refractivity contribution in [2.45, 2.75) is 32.7 Å². The van der Waals surface area contributed by atoms with E-state index in [-0.39, 0.29) is 24.2 Å². The quantitative estimate of drug-likeness (QED) is 0.793. The number of guanidine groups is 1. The van der Waals surface area contributed by atoms with Crippen LogP contribution in [0.15, 0.2) is 53.5 Å². The smallest absolute Gasteiger partial charge is 0.249 e. The van der Waals surface area contributed by atoms with Gasteiger partial charge >= 0.3 is 0 Å². The van der Waals surface area contributed by atoms with E-state index < -0.39 is 6.04 Å². The molecule has 1 unspecified atom stereocenters. The van der Waals surface area contributed by atoms with Gasteiger partial charge in [-0.2, -0.15) is 0 Å². The number of nitrogens with zero attached hydrogens (tertiary/aromatic N) is 1. The summed E-state index contributed by atoms with van der Waals surface area (Å²) in [6.07, 6.45) is 0.983. The maximum atomic E-state index is 12.5. The maximum Gasteiger partial charge on any atom is 0.249 e. The fourth-order valence-electron chi connectivity index (χ4n) is 2.63. The molecule has 3 rings (SSSR count). The van der Waals surface area contributed by atoms with E-state index in [0.717, 1.165) is 17.7 Å². The molecule has 0 saturated carbocycles. The lowest BCUT2D eigenvalue weighted by Gasteiger charge is -2.21. The largest absolute Gasteiger partial charge is 0.326 e. The van der Waals surface area contributed by atoms with Crippen LogP contribution in [0.25, 0.3) is 0 Å². The van der Waals surface area contributed by atoms with E-state index in [2.05, 4.69) is 27.9 Å². The molecule has 0 aromatic heterocycles. The molecule has 3 N–H and O–H groups in total. The predicted molar refractivity (Wildman–Crippen MR) is 103 cm³/mol. The van der Waals surface area contributed by atoms with Crippen LogP contribution in [0.2, 0.25) is 0 Å². The molecule has 0 bridgehead atoms. The first-order chi connectivity index (χ1) is 12.5. The molecule has 1 heterocycles. The molecule has 6 nitrogen and oxygen atoms in total. The van der Waals surface area contributed by atoms with Crippen molar-refractivity contribution in [2.24, 2.45) is 4.99 Å². The molecule has 1 aliphatic heterocycles. The standard InChI is InChI=1S/C20H22N4O2/c1-3-14-6-10-16(11-7-14)22-20-23-17(12-18(25)24-20)19(26)21-15-8-4-13(2)5-9-15/h4-11,17H,3,12H2,1-2H3,(H,21,26)(H2,22,23,24,25). The van der Waals surface area contributed by atoms with Crippen molar-refractivity contribution in [3.05, 3.63) is 59.7 Å². The number of benzene rings is 2. The van der Waals surface area contributed by atoms with Gasteiger partial charge in [0, 0.05) is 11.4 Å². The van der Waals surface area contributed by atoms with Crippen LogP contribution in [-0.4, -0.2) is 23.8 Å². The Kier molecular flexibility index (Phi) is 5.31. The van der Waals surface area contributed by atoms with Gasteiger partial charge in [-0.1, -0.05) is 36.8 Å². The number of rotatable bonds is 4. The zero-order chi connectivity index (χ0) is 18.5. The summed E-state index contributed by atoms with van der Waals surface area (Å²) in [7, 11) is 0. The summed E-state index contributed by atoms with van der Waals surface area (Å²) < 4.78 is 0. The molecule has 1 aliphatic rings. The summed E-state index contributed by atoms with van der Waals surface area (Å²) in [6.45, 7) is 4.07. The first-order valence-corrected chi connectivity index (χ1v) is 8.64. The van der Waals surface area contributed by atoms with E-state index >= 15 is 0 Å². The van der Waals surface area contributed by atoms with Gasteiger partial charge in [0.05, 0.1) is 6.42 Å². The minimum atomic E-state index is -0.762. The zero-order valence-corrected chi connectivity index (χ0v) is 14.9. The van der Waals surface area contributed by atoms with Crippen molar-refractivity contribution >= 4 is 29.1 Å². The second kappa shape index (κ2) is 7.82. The summed E-state index contributed by atoms with van der Waals surface area (Å²) in [5.74, 6) is -0.254. The molecule has 6 heteroatoms. The maximum absolute atomic E-state index is 12.5. The molecule has 2 aromatic carbocycles. The zero-order valence-electron chi connectivity index (χ0n) is 14.9. The molecule has 0 spiro atoms. The Bertz CT molecular complexity index is 826. The van der Waals surface area contributed by atoms with E-state index in [1.165, 1.54) is 5.56 Å². The molecule has 1 atom stereocenters. The lowest BCUT2D eigenvalue weighted by molar-refractivity contribution is -0.124. The van der Waals surface area contributed by atoms with Gasteiger partial charge in [0.25, 0.3) is 0 Å². The van der Waals surface area contributed by atoms with Crippen LogP contribution < -0.4 is 16.0 Å². The second-order valence-electron chi connectivity index (χ2n) is 6.28. The summed E-state index contributed by atoms with van der Waals surface area (Å²) in [5.41, 5.74) is 3.83. The number of hydrogen-bond acceptors (Lipinski definition) is 4. The minimum absolute atomic E-state index is 0.0254. The molecular weight excluding hydrogens is 328 g/mol. The van der Waals surface area contributed by atoms with Gasteiger partial charge in [-0.05, 0) is 43.2 Å². The average molecular weight is 350 g/mol. The highest BCUT2D eigenvalue weighted by Crippen LogP contribution is 2.14. The molecule has 26 heavy (non-hydrogen) atoms. The number of amides is 2. The lowest BCUT2D eigenvalue weighted by Crippen LogP contribution is -2.45. The first kappa shape index (κ1) is 17.7. The summed E-state index contributed by atoms with van der Waals surface area (Å²) >= 11 is 0. The van der Waals surface area contributed by atoms with Crippen LogP contribution in [0.1, 0.15) is 24.5 Å². The van der Waals surface area contributed by atoms with Crippen molar-refractivity contribution < 1.29 is 9.59 Å². The van der Waals surface area contributed by atoms with Crippen molar-refractivity contribution in [1.29, 1.82) is 0 Å². The Balaban J connectivity index is 1.70. The topological polar surface area (TPSA) is 82.6 Å². The van der Waals surface area contributed by atoms with Crippen molar-refractivity contribution in [2.75, 3.05) is 10.6 Å². The molecule has 0 fully saturated rings. The van der Waals surface area contributed by atoms with Crippen LogP contribution in [0, 0.1) is 6.92 Å². The number of aryl methyl sites for hydroxylation is 2. The molecule has 134 valence electrons. The highest BCUT2D eigenvalue weighted by molar-refractivity contribution is 6.10. The third kappa shape index (κ3) is 4.47. The van der Waals surface area contributed by atoms with Crippen molar-refractivity contribution in [3.8, 4) is 0 Å². The Labute approximate surface area is 152 Å². The van der Waals surface area contributed by atoms with Gasteiger partial charge in [-0.15, -0.1) is 0 Å². The number of carbonyl (C=O) groups excluding carboxylic acids is 2. The fourth-order valence-corrected chi connectivity index (χ4v) is 2.63. The minimum Gasteiger partial charge on any atom is -0.326 e. The van der Waals surface area contributed by atoms with Gasteiger partial charge in [0.1, 0.15) is 6.04 Å². The fraction of sp³-hybridized carbons (Fsp3) is 0.250. The van der Waals surface area contributed by atoms with E-state index in [0.29, 0.717) is 5.69 Å². The third-order valence-corrected chi connectivity index (χ3v) is 4.17. The second-order valence-corrected chi connectivity index (χ2v) is 6.28. The molecule has 0 aliphatic carbocycles. The molecule has 0 radical (unpaired) electrons. The first-order valence-electron chi connectivity index (χ1n) is 8.64. The highest BCUT2D eigenvalue weighted by atomic mass is 16.2. The van der Waals surface area contributed by atoms with Crippen molar-refractivity contribution in [3.63, 3.8) is 0 Å². The number of anilines is 2. The van der Waals surface area contributed by atoms with Crippen LogP contribution in [0.3, 0.4) is 0 Å². The number of nitrogens with one attached hydrogen (secondary N) is 3. The predicted octanol–water partition coefficient (Wildman–Crippen LogP) is 2.85. The van der Waals surface area contributed by atoms with Crippen LogP contribution in [0.5, 0.6) is 0 Å². The Hall–Kier alpha value is -3.15. The Morgan fingerprint density at radius 3 is 2.42 bits per heavy atom. The Morgan fingerprint density at radius 1 is 1.12 bits per heavy atom. The van der Waals surface area contributed by atoms with E-state index in [4.69, 9.17) is 0 Å². The average Bonchev–Trinajstić information content (AvgIpc) is 2.64. The number of carbonyl (C=O) groups is 2. The van der Waals surface area contributed by atoms with E-state index in [9.17, 15) is 9.59 Å². The third-order valence-electron chi connectivity index (χ3n) is 4.17. The summed E-state index contributed by atoms with van der Waals surface area (Å²) in [4.78, 5) is 28.8. The monoisotopic (exact) mass is 350 g/mol. The van der Waals surface area contributed by atoms with Crippen LogP contribution in [0.4, 0.5) is 11.4 Å². The SMILES string of the molecule is CCc1ccc(NC2=NC(C(=O)Nc3ccc(C)cc3)CC(=O)N2)cc1. The van der Waals surface area contributed by atoms with Gasteiger partial charge in [0.2, 0.25) is 17.8 Å². The van der Waals surface area contributed by atoms with Gasteiger partial charge in [-0.25, -0.2) is 4.99 Å². The molecule has 0 saturated heterocycles. The number of hydrogen-bond donors (Lipinski definition) is 3. The number of aliphatic imine (C=N–C) groups is 1. The van der Waals surface area contributed by atoms with E-state index in [1.54, 1.807) is 0 Å². The van der Waals surface area contributed by atoms with Gasteiger partial charge < -0.3 is 10.6 Å². The molecular formula is C20H22N4O2. The van der Waals surface area contributed by atoms with Crippen LogP contribution >= 0.6 is 0 Å². The highest BCUT2D eigenvalue weighted by Gasteiger charge is 2.27. The molecule has 2 amide bonds. The Morgan fingerprint density at radius 2 is 1.77 bits per heavy atom. The summed E-state index contributed by atoms with van der Waals surface area (Å²) in [6, 6.07) is 14.6. The van der Waals surface area contributed by atoms with Gasteiger partial charge in [0.15, 0.2) is 0 Å². The molecule has 2 aromatic rings. The lowest BCUT2D eigenvalue weighted by atomic mass is 10.1. The normalized spacial score (nSPS) is 16.5.